The third kappa shape index (κ3) is 4.68. The van der Waals surface area contributed by atoms with Crippen molar-refractivity contribution in [3.63, 3.8) is 0 Å². The van der Waals surface area contributed by atoms with E-state index in [0.29, 0.717) is 18.7 Å². The van der Waals surface area contributed by atoms with Crippen LogP contribution in [0.4, 0.5) is 5.69 Å². The fourth-order valence-electron chi connectivity index (χ4n) is 1.59. The molecule has 0 spiro atoms. The van der Waals surface area contributed by atoms with Gasteiger partial charge in [0.15, 0.2) is 0 Å². The SMILES string of the molecule is CCN(CC)C(=O)C(=O)N/N=C/c1cccc([N+](=O)[O-])c1. The van der Waals surface area contributed by atoms with E-state index in [2.05, 4.69) is 10.5 Å². The van der Waals surface area contributed by atoms with Crippen molar-refractivity contribution in [1.29, 1.82) is 0 Å². The van der Waals surface area contributed by atoms with Crippen molar-refractivity contribution in [1.82, 2.24) is 10.3 Å². The number of nitro groups is 1. The molecule has 8 nitrogen and oxygen atoms in total. The van der Waals surface area contributed by atoms with Crippen LogP contribution in [0.15, 0.2) is 29.4 Å². The zero-order chi connectivity index (χ0) is 15.8. The molecule has 0 bridgehead atoms. The standard InChI is InChI=1S/C13H16N4O4/c1-3-16(4-2)13(19)12(18)15-14-9-10-6-5-7-11(8-10)17(20)21/h5-9H,3-4H2,1-2H3,(H,15,18)/b14-9+. The van der Waals surface area contributed by atoms with Gasteiger partial charge in [0.25, 0.3) is 5.69 Å². The second-order valence-electron chi connectivity index (χ2n) is 4.03. The Hall–Kier alpha value is -2.77. The van der Waals surface area contributed by atoms with Crippen LogP contribution in [-0.2, 0) is 9.59 Å². The number of nitro benzene ring substituents is 1. The first-order valence-corrected chi connectivity index (χ1v) is 6.36. The van der Waals surface area contributed by atoms with E-state index in [1.807, 2.05) is 0 Å². The van der Waals surface area contributed by atoms with Gasteiger partial charge in [-0.15, -0.1) is 0 Å². The van der Waals surface area contributed by atoms with Gasteiger partial charge < -0.3 is 4.90 Å². The number of hydrogen-bond donors (Lipinski definition) is 1. The normalized spacial score (nSPS) is 10.4. The average molecular weight is 292 g/mol. The molecule has 8 heteroatoms. The zero-order valence-electron chi connectivity index (χ0n) is 11.8. The lowest BCUT2D eigenvalue weighted by Crippen LogP contribution is -2.41. The predicted octanol–water partition coefficient (Wildman–Crippen LogP) is 0.913. The first-order chi connectivity index (χ1) is 9.99. The molecule has 1 N–H and O–H groups in total. The highest BCUT2D eigenvalue weighted by Crippen LogP contribution is 2.11. The van der Waals surface area contributed by atoms with Crippen LogP contribution in [0.1, 0.15) is 19.4 Å². The maximum Gasteiger partial charge on any atom is 0.329 e. The number of non-ortho nitro benzene ring substituents is 1. The molecular formula is C13H16N4O4. The van der Waals surface area contributed by atoms with Crippen molar-refractivity contribution in [3.05, 3.63) is 39.9 Å². The third-order valence-electron chi connectivity index (χ3n) is 2.71. The van der Waals surface area contributed by atoms with Crippen molar-refractivity contribution >= 4 is 23.7 Å². The number of nitrogens with zero attached hydrogens (tertiary/aromatic N) is 3. The smallest absolute Gasteiger partial charge is 0.329 e. The summed E-state index contributed by atoms with van der Waals surface area (Å²) in [5.74, 6) is -1.52. The molecule has 0 aromatic heterocycles. The van der Waals surface area contributed by atoms with E-state index >= 15 is 0 Å². The first-order valence-electron chi connectivity index (χ1n) is 6.36. The van der Waals surface area contributed by atoms with Crippen molar-refractivity contribution in [2.45, 2.75) is 13.8 Å². The van der Waals surface area contributed by atoms with E-state index in [9.17, 15) is 19.7 Å². The maximum atomic E-state index is 11.6. The first kappa shape index (κ1) is 16.3. The summed E-state index contributed by atoms with van der Waals surface area (Å²) in [6.07, 6.45) is 1.24. The minimum Gasteiger partial charge on any atom is -0.335 e. The van der Waals surface area contributed by atoms with Gasteiger partial charge in [0.1, 0.15) is 0 Å². The Bertz CT molecular complexity index is 567. The van der Waals surface area contributed by atoms with Crippen molar-refractivity contribution in [2.24, 2.45) is 5.10 Å². The molecular weight excluding hydrogens is 276 g/mol. The van der Waals surface area contributed by atoms with Crippen LogP contribution in [0, 0.1) is 10.1 Å². The average Bonchev–Trinajstić information content (AvgIpc) is 2.48. The second kappa shape index (κ2) is 7.73. The molecule has 0 heterocycles. The number of benzene rings is 1. The highest BCUT2D eigenvalue weighted by molar-refractivity contribution is 6.34. The van der Waals surface area contributed by atoms with Crippen molar-refractivity contribution in [3.8, 4) is 0 Å². The van der Waals surface area contributed by atoms with Gasteiger partial charge in [0.2, 0.25) is 0 Å². The Morgan fingerprint density at radius 2 is 2.05 bits per heavy atom. The largest absolute Gasteiger partial charge is 0.335 e. The minimum atomic E-state index is -0.847. The third-order valence-corrected chi connectivity index (χ3v) is 2.71. The highest BCUT2D eigenvalue weighted by Gasteiger charge is 2.18. The number of hydrazone groups is 1. The van der Waals surface area contributed by atoms with Gasteiger partial charge in [-0.25, -0.2) is 5.43 Å². The Labute approximate surface area is 121 Å². The molecule has 0 unspecified atom stereocenters. The molecule has 0 saturated heterocycles. The van der Waals surface area contributed by atoms with Crippen LogP contribution in [-0.4, -0.2) is 40.9 Å². The fraction of sp³-hybridized carbons (Fsp3) is 0.308. The van der Waals surface area contributed by atoms with Gasteiger partial charge in [-0.05, 0) is 13.8 Å². The van der Waals surface area contributed by atoms with Crippen LogP contribution in [0.2, 0.25) is 0 Å². The monoisotopic (exact) mass is 292 g/mol. The van der Waals surface area contributed by atoms with Gasteiger partial charge in [-0.3, -0.25) is 19.7 Å². The zero-order valence-corrected chi connectivity index (χ0v) is 11.8. The predicted molar refractivity (Wildman–Crippen MR) is 76.8 cm³/mol. The van der Waals surface area contributed by atoms with Gasteiger partial charge in [-0.2, -0.15) is 5.10 Å². The topological polar surface area (TPSA) is 105 Å². The van der Waals surface area contributed by atoms with E-state index in [0.717, 1.165) is 0 Å². The fourth-order valence-corrected chi connectivity index (χ4v) is 1.59. The Morgan fingerprint density at radius 1 is 1.38 bits per heavy atom. The molecule has 0 radical (unpaired) electrons. The number of carbonyl (C=O) groups is 2. The van der Waals surface area contributed by atoms with Crippen molar-refractivity contribution in [2.75, 3.05) is 13.1 Å². The lowest BCUT2D eigenvalue weighted by atomic mass is 10.2. The van der Waals surface area contributed by atoms with Gasteiger partial charge in [0, 0.05) is 30.8 Å². The molecule has 1 aromatic rings. The number of carbonyl (C=O) groups excluding carboxylic acids is 2. The molecule has 0 aliphatic rings. The quantitative estimate of drug-likeness (QED) is 0.377. The molecule has 0 atom stereocenters. The molecule has 112 valence electrons. The van der Waals surface area contributed by atoms with Gasteiger partial charge in [-0.1, -0.05) is 12.1 Å². The van der Waals surface area contributed by atoms with E-state index < -0.39 is 16.7 Å². The second-order valence-corrected chi connectivity index (χ2v) is 4.03. The summed E-state index contributed by atoms with van der Waals surface area (Å²) < 4.78 is 0. The van der Waals surface area contributed by atoms with E-state index in [-0.39, 0.29) is 5.69 Å². The van der Waals surface area contributed by atoms with Gasteiger partial charge >= 0.3 is 11.8 Å². The lowest BCUT2D eigenvalue weighted by molar-refractivity contribution is -0.384. The summed E-state index contributed by atoms with van der Waals surface area (Å²) >= 11 is 0. The number of rotatable bonds is 5. The Kier molecular flexibility index (Phi) is 5.99. The maximum absolute atomic E-state index is 11.6. The molecule has 0 aliphatic heterocycles. The van der Waals surface area contributed by atoms with Crippen LogP contribution in [0.25, 0.3) is 0 Å². The summed E-state index contributed by atoms with van der Waals surface area (Å²) in [6, 6.07) is 5.75. The van der Waals surface area contributed by atoms with Crippen molar-refractivity contribution < 1.29 is 14.5 Å². The highest BCUT2D eigenvalue weighted by atomic mass is 16.6. The minimum absolute atomic E-state index is 0.0792. The summed E-state index contributed by atoms with van der Waals surface area (Å²) in [4.78, 5) is 34.6. The van der Waals surface area contributed by atoms with Crippen LogP contribution in [0.5, 0.6) is 0 Å². The number of nitrogens with one attached hydrogen (secondary N) is 1. The molecule has 21 heavy (non-hydrogen) atoms. The molecule has 2 amide bonds. The summed E-state index contributed by atoms with van der Waals surface area (Å²) in [7, 11) is 0. The summed E-state index contributed by atoms with van der Waals surface area (Å²) in [5, 5.41) is 14.2. The molecule has 0 aliphatic carbocycles. The Balaban J connectivity index is 2.66. The lowest BCUT2D eigenvalue weighted by Gasteiger charge is -2.16. The summed E-state index contributed by atoms with van der Waals surface area (Å²) in [6.45, 7) is 4.39. The summed E-state index contributed by atoms with van der Waals surface area (Å²) in [5.41, 5.74) is 2.46. The molecule has 1 aromatic carbocycles. The molecule has 0 saturated carbocycles. The van der Waals surface area contributed by atoms with E-state index in [1.54, 1.807) is 19.9 Å². The van der Waals surface area contributed by atoms with E-state index in [1.165, 1.54) is 29.3 Å². The van der Waals surface area contributed by atoms with Gasteiger partial charge in [0.05, 0.1) is 11.1 Å². The Morgan fingerprint density at radius 3 is 2.62 bits per heavy atom. The molecule has 1 rings (SSSR count). The van der Waals surface area contributed by atoms with Crippen LogP contribution < -0.4 is 5.43 Å². The molecule has 0 fully saturated rings. The number of likely N-dealkylation sites (N-methyl/N-ethyl adjacent to an activating group) is 1. The number of amides is 2. The van der Waals surface area contributed by atoms with Crippen LogP contribution >= 0.6 is 0 Å². The van der Waals surface area contributed by atoms with Crippen LogP contribution in [0.3, 0.4) is 0 Å². The van der Waals surface area contributed by atoms with E-state index in [4.69, 9.17) is 0 Å². The number of hydrogen-bond acceptors (Lipinski definition) is 5.